The minimum Gasteiger partial charge on any atom is -0.464 e. The first-order valence-electron chi connectivity index (χ1n) is 4.39. The molecule has 1 aromatic carbocycles. The summed E-state index contributed by atoms with van der Waals surface area (Å²) < 4.78 is 42.8. The Morgan fingerprint density at radius 3 is 2.38 bits per heavy atom. The molecule has 0 N–H and O–H groups in total. The van der Waals surface area contributed by atoms with E-state index in [4.69, 9.17) is 4.42 Å². The van der Waals surface area contributed by atoms with E-state index in [-0.39, 0.29) is 3.57 Å². The van der Waals surface area contributed by atoms with Crippen LogP contribution >= 0.6 is 22.6 Å². The Morgan fingerprint density at radius 1 is 1.12 bits per heavy atom. The Labute approximate surface area is 103 Å². The van der Waals surface area contributed by atoms with Gasteiger partial charge < -0.3 is 4.42 Å². The van der Waals surface area contributed by atoms with Gasteiger partial charge in [0.05, 0.1) is 11.8 Å². The first kappa shape index (κ1) is 11.5. The molecule has 1 aromatic heterocycles. The van der Waals surface area contributed by atoms with Crippen LogP contribution in [0.25, 0.3) is 11.3 Å². The van der Waals surface area contributed by atoms with Crippen LogP contribution in [0.4, 0.5) is 13.2 Å². The molecule has 16 heavy (non-hydrogen) atoms. The second kappa shape index (κ2) is 4.12. The summed E-state index contributed by atoms with van der Waals surface area (Å²) in [6, 6.07) is 7.34. The quantitative estimate of drug-likeness (QED) is 0.695. The van der Waals surface area contributed by atoms with Crippen molar-refractivity contribution in [3.63, 3.8) is 0 Å². The molecule has 0 unspecified atom stereocenters. The third kappa shape index (κ3) is 2.23. The van der Waals surface area contributed by atoms with Crippen LogP contribution in [-0.2, 0) is 6.18 Å². The van der Waals surface area contributed by atoms with Gasteiger partial charge in [-0.3, -0.25) is 0 Å². The van der Waals surface area contributed by atoms with Crippen LogP contribution < -0.4 is 0 Å². The second-order valence-electron chi connectivity index (χ2n) is 3.17. The first-order valence-corrected chi connectivity index (χ1v) is 5.47. The molecule has 0 aliphatic carbocycles. The number of hydrogen-bond donors (Lipinski definition) is 0. The maximum Gasteiger partial charge on any atom is 0.417 e. The van der Waals surface area contributed by atoms with Crippen LogP contribution in [0.1, 0.15) is 5.56 Å². The largest absolute Gasteiger partial charge is 0.464 e. The highest BCUT2D eigenvalue weighted by atomic mass is 127. The standard InChI is InChI=1S/C11H6F3IO/c12-11(13,14)8-4-3-7(6-9(8)15)10-2-1-5-16-10/h1-6H. The average Bonchev–Trinajstić information content (AvgIpc) is 2.68. The topological polar surface area (TPSA) is 13.1 Å². The SMILES string of the molecule is FC(F)(F)c1ccc(-c2ccco2)cc1I. The van der Waals surface area contributed by atoms with Gasteiger partial charge in [-0.2, -0.15) is 13.2 Å². The van der Waals surface area contributed by atoms with Gasteiger partial charge in [-0.15, -0.1) is 0 Å². The van der Waals surface area contributed by atoms with Crippen molar-refractivity contribution < 1.29 is 17.6 Å². The first-order chi connectivity index (χ1) is 7.48. The van der Waals surface area contributed by atoms with Gasteiger partial charge in [0.15, 0.2) is 0 Å². The van der Waals surface area contributed by atoms with Crippen LogP contribution in [0.5, 0.6) is 0 Å². The third-order valence-corrected chi connectivity index (χ3v) is 2.97. The molecule has 0 atom stereocenters. The van der Waals surface area contributed by atoms with Crippen molar-refractivity contribution in [1.29, 1.82) is 0 Å². The summed E-state index contributed by atoms with van der Waals surface area (Å²) in [6.45, 7) is 0. The van der Waals surface area contributed by atoms with E-state index in [0.717, 1.165) is 6.07 Å². The van der Waals surface area contributed by atoms with E-state index in [0.29, 0.717) is 11.3 Å². The maximum absolute atomic E-state index is 12.5. The highest BCUT2D eigenvalue weighted by Gasteiger charge is 2.32. The summed E-state index contributed by atoms with van der Waals surface area (Å²) in [5, 5.41) is 0. The Hall–Kier alpha value is -0.980. The van der Waals surface area contributed by atoms with Crippen molar-refractivity contribution in [2.75, 3.05) is 0 Å². The van der Waals surface area contributed by atoms with Crippen LogP contribution in [0.2, 0.25) is 0 Å². The molecule has 1 nitrogen and oxygen atoms in total. The summed E-state index contributed by atoms with van der Waals surface area (Å²) in [5.41, 5.74) is 0.0193. The predicted molar refractivity (Wildman–Crippen MR) is 61.9 cm³/mol. The molecule has 0 aliphatic rings. The lowest BCUT2D eigenvalue weighted by Crippen LogP contribution is -2.07. The summed E-state index contributed by atoms with van der Waals surface area (Å²) in [6.07, 6.45) is -2.82. The lowest BCUT2D eigenvalue weighted by molar-refractivity contribution is -0.138. The van der Waals surface area contributed by atoms with Gasteiger partial charge >= 0.3 is 6.18 Å². The molecule has 84 valence electrons. The predicted octanol–water partition coefficient (Wildman–Crippen LogP) is 4.57. The molecular weight excluding hydrogens is 332 g/mol. The normalized spacial score (nSPS) is 11.8. The lowest BCUT2D eigenvalue weighted by atomic mass is 10.1. The molecule has 0 aliphatic heterocycles. The zero-order chi connectivity index (χ0) is 11.8. The number of furan rings is 1. The van der Waals surface area contributed by atoms with Crippen molar-refractivity contribution >= 4 is 22.6 Å². The highest BCUT2D eigenvalue weighted by molar-refractivity contribution is 14.1. The molecule has 0 fully saturated rings. The number of alkyl halides is 3. The minimum absolute atomic E-state index is 0.166. The van der Waals surface area contributed by atoms with Gasteiger partial charge in [0, 0.05) is 9.13 Å². The Bertz CT molecular complexity index is 488. The molecule has 0 amide bonds. The molecule has 0 saturated heterocycles. The van der Waals surface area contributed by atoms with Crippen molar-refractivity contribution in [3.05, 3.63) is 45.7 Å². The van der Waals surface area contributed by atoms with Gasteiger partial charge in [-0.25, -0.2) is 0 Å². The van der Waals surface area contributed by atoms with E-state index in [9.17, 15) is 13.2 Å². The van der Waals surface area contributed by atoms with Crippen molar-refractivity contribution in [2.24, 2.45) is 0 Å². The fourth-order valence-corrected chi connectivity index (χ4v) is 2.16. The second-order valence-corrected chi connectivity index (χ2v) is 4.33. The number of benzene rings is 1. The summed E-state index contributed by atoms with van der Waals surface area (Å²) in [4.78, 5) is 0. The van der Waals surface area contributed by atoms with Gasteiger partial charge in [0.25, 0.3) is 0 Å². The zero-order valence-corrected chi connectivity index (χ0v) is 10.0. The van der Waals surface area contributed by atoms with E-state index in [1.807, 2.05) is 0 Å². The molecule has 0 radical (unpaired) electrons. The monoisotopic (exact) mass is 338 g/mol. The average molecular weight is 338 g/mol. The van der Waals surface area contributed by atoms with Gasteiger partial charge in [0.1, 0.15) is 5.76 Å². The fourth-order valence-electron chi connectivity index (χ4n) is 1.34. The fraction of sp³-hybridized carbons (Fsp3) is 0.0909. The van der Waals surface area contributed by atoms with Gasteiger partial charge in [-0.05, 0) is 46.9 Å². The molecular formula is C11H6F3IO. The smallest absolute Gasteiger partial charge is 0.417 e. The van der Waals surface area contributed by atoms with Crippen LogP contribution in [0.3, 0.4) is 0 Å². The van der Waals surface area contributed by atoms with E-state index < -0.39 is 11.7 Å². The lowest BCUT2D eigenvalue weighted by Gasteiger charge is -2.09. The summed E-state index contributed by atoms with van der Waals surface area (Å²) >= 11 is 1.67. The Kier molecular flexibility index (Phi) is 2.96. The van der Waals surface area contributed by atoms with Crippen LogP contribution in [-0.4, -0.2) is 0 Å². The van der Waals surface area contributed by atoms with E-state index in [1.54, 1.807) is 34.7 Å². The number of hydrogen-bond acceptors (Lipinski definition) is 1. The number of halogens is 4. The molecule has 5 heteroatoms. The van der Waals surface area contributed by atoms with Crippen LogP contribution in [0, 0.1) is 3.57 Å². The van der Waals surface area contributed by atoms with Crippen LogP contribution in [0.15, 0.2) is 41.0 Å². The van der Waals surface area contributed by atoms with Crippen molar-refractivity contribution in [2.45, 2.75) is 6.18 Å². The molecule has 0 saturated carbocycles. The minimum atomic E-state index is -4.31. The molecule has 0 bridgehead atoms. The molecule has 2 rings (SSSR count). The summed E-state index contributed by atoms with van der Waals surface area (Å²) in [5.74, 6) is 0.562. The van der Waals surface area contributed by atoms with Gasteiger partial charge in [-0.1, -0.05) is 6.07 Å². The molecule has 1 heterocycles. The van der Waals surface area contributed by atoms with Crippen molar-refractivity contribution in [3.8, 4) is 11.3 Å². The maximum atomic E-state index is 12.5. The van der Waals surface area contributed by atoms with E-state index in [1.165, 1.54) is 18.4 Å². The number of rotatable bonds is 1. The zero-order valence-electron chi connectivity index (χ0n) is 7.88. The third-order valence-electron chi connectivity index (χ3n) is 2.08. The van der Waals surface area contributed by atoms with E-state index in [2.05, 4.69) is 0 Å². The summed E-state index contributed by atoms with van der Waals surface area (Å²) in [7, 11) is 0. The Balaban J connectivity index is 2.45. The Morgan fingerprint density at radius 2 is 1.88 bits per heavy atom. The molecule has 0 spiro atoms. The van der Waals surface area contributed by atoms with E-state index >= 15 is 0 Å². The van der Waals surface area contributed by atoms with Gasteiger partial charge in [0.2, 0.25) is 0 Å². The highest BCUT2D eigenvalue weighted by Crippen LogP contribution is 2.34. The molecule has 2 aromatic rings. The van der Waals surface area contributed by atoms with Crippen molar-refractivity contribution in [1.82, 2.24) is 0 Å².